The van der Waals surface area contributed by atoms with Crippen LogP contribution in [0.1, 0.15) is 19.8 Å². The molecule has 0 N–H and O–H groups in total. The predicted octanol–water partition coefficient (Wildman–Crippen LogP) is 1.70. The number of methoxy groups -OCH3 is 1. The van der Waals surface area contributed by atoms with Gasteiger partial charge in [-0.05, 0) is 19.8 Å². The molecule has 1 fully saturated rings. The van der Waals surface area contributed by atoms with Crippen molar-refractivity contribution in [1.29, 1.82) is 0 Å². The van der Waals surface area contributed by atoms with Crippen molar-refractivity contribution in [3.63, 3.8) is 0 Å². The van der Waals surface area contributed by atoms with Crippen LogP contribution in [0.25, 0.3) is 0 Å². The van der Waals surface area contributed by atoms with Crippen LogP contribution < -0.4 is 0 Å². The van der Waals surface area contributed by atoms with E-state index < -0.39 is 0 Å². The molecule has 1 heterocycles. The molecule has 0 aromatic rings. The van der Waals surface area contributed by atoms with Crippen molar-refractivity contribution in [2.45, 2.75) is 19.8 Å². The van der Waals surface area contributed by atoms with E-state index >= 15 is 0 Å². The summed E-state index contributed by atoms with van der Waals surface area (Å²) in [7, 11) is 1.68. The zero-order valence-electron chi connectivity index (χ0n) is 7.51. The Labute approximate surface area is 69.9 Å². The summed E-state index contributed by atoms with van der Waals surface area (Å²) in [4.78, 5) is 0. The van der Waals surface area contributed by atoms with Crippen molar-refractivity contribution in [3.8, 4) is 12.8 Å². The monoisotopic (exact) mass is 158 g/mol. The van der Waals surface area contributed by atoms with Gasteiger partial charge in [0.1, 0.15) is 0 Å². The van der Waals surface area contributed by atoms with E-state index in [1.807, 2.05) is 6.92 Å². The Morgan fingerprint density at radius 1 is 1.27 bits per heavy atom. The smallest absolute Gasteiger partial charge is 0.0466 e. The first-order valence-electron chi connectivity index (χ1n) is 3.81. The van der Waals surface area contributed by atoms with E-state index in [1.165, 1.54) is 12.8 Å². The first-order chi connectivity index (χ1) is 5.41. The van der Waals surface area contributed by atoms with Gasteiger partial charge >= 0.3 is 0 Å². The van der Waals surface area contributed by atoms with Gasteiger partial charge in [0.2, 0.25) is 0 Å². The topological polar surface area (TPSA) is 18.5 Å². The Kier molecular flexibility index (Phi) is 19.3. The number of terminal acetylenes is 1. The van der Waals surface area contributed by atoms with Gasteiger partial charge in [0, 0.05) is 26.9 Å². The molecular formula is C9H18O2. The highest BCUT2D eigenvalue weighted by Gasteiger charge is 1.94. The van der Waals surface area contributed by atoms with Gasteiger partial charge in [-0.1, -0.05) is 0 Å². The van der Waals surface area contributed by atoms with Gasteiger partial charge in [-0.25, -0.2) is 0 Å². The van der Waals surface area contributed by atoms with E-state index in [0.717, 1.165) is 19.8 Å². The molecule has 66 valence electrons. The van der Waals surface area contributed by atoms with Crippen molar-refractivity contribution in [2.75, 3.05) is 26.9 Å². The van der Waals surface area contributed by atoms with Crippen LogP contribution in [0.15, 0.2) is 0 Å². The summed E-state index contributed by atoms with van der Waals surface area (Å²) >= 11 is 0. The molecule has 0 amide bonds. The van der Waals surface area contributed by atoms with Gasteiger partial charge < -0.3 is 9.47 Å². The van der Waals surface area contributed by atoms with Crippen molar-refractivity contribution in [1.82, 2.24) is 0 Å². The molecule has 2 heteroatoms. The van der Waals surface area contributed by atoms with Gasteiger partial charge in [0.25, 0.3) is 0 Å². The fourth-order valence-corrected chi connectivity index (χ4v) is 0.510. The van der Waals surface area contributed by atoms with E-state index in [0.29, 0.717) is 0 Å². The lowest BCUT2D eigenvalue weighted by atomic mass is 10.4. The van der Waals surface area contributed by atoms with E-state index in [1.54, 1.807) is 7.11 Å². The summed E-state index contributed by atoms with van der Waals surface area (Å²) in [5.41, 5.74) is 0. The second kappa shape index (κ2) is 16.2. The van der Waals surface area contributed by atoms with Crippen molar-refractivity contribution >= 4 is 0 Å². The minimum absolute atomic E-state index is 0.819. The van der Waals surface area contributed by atoms with Crippen LogP contribution in [0.5, 0.6) is 0 Å². The molecule has 0 saturated carbocycles. The molecule has 0 radical (unpaired) electrons. The minimum Gasteiger partial charge on any atom is -0.385 e. The molecule has 11 heavy (non-hydrogen) atoms. The number of hydrogen-bond acceptors (Lipinski definition) is 2. The molecule has 0 aromatic heterocycles. The van der Waals surface area contributed by atoms with Gasteiger partial charge in [-0.15, -0.1) is 12.8 Å². The highest BCUT2D eigenvalue weighted by Crippen LogP contribution is 1.98. The standard InChI is InChI=1S/C4H8O.C3H8O.C2H2/c1-2-4-5-3-1;1-3-4-2;1-2/h1-4H2;3H2,1-2H3;1-2H. The number of ether oxygens (including phenoxy) is 2. The summed E-state index contributed by atoms with van der Waals surface area (Å²) in [6.07, 6.45) is 10.6. The third-order valence-electron chi connectivity index (χ3n) is 1.12. The van der Waals surface area contributed by atoms with E-state index in [4.69, 9.17) is 4.74 Å². The molecule has 1 aliphatic heterocycles. The van der Waals surface area contributed by atoms with Crippen molar-refractivity contribution in [3.05, 3.63) is 0 Å². The molecule has 0 unspecified atom stereocenters. The summed E-state index contributed by atoms with van der Waals surface area (Å²) in [6, 6.07) is 0. The quantitative estimate of drug-likeness (QED) is 0.541. The first kappa shape index (κ1) is 13.1. The molecule has 0 spiro atoms. The van der Waals surface area contributed by atoms with E-state index in [9.17, 15) is 0 Å². The van der Waals surface area contributed by atoms with Crippen LogP contribution in [0.2, 0.25) is 0 Å². The summed E-state index contributed by atoms with van der Waals surface area (Å²) in [6.45, 7) is 4.78. The Balaban J connectivity index is 0. The predicted molar refractivity (Wildman–Crippen MR) is 47.5 cm³/mol. The highest BCUT2D eigenvalue weighted by atomic mass is 16.5. The second-order valence-electron chi connectivity index (χ2n) is 1.90. The van der Waals surface area contributed by atoms with Crippen LogP contribution >= 0.6 is 0 Å². The number of hydrogen-bond donors (Lipinski definition) is 0. The SMILES string of the molecule is C#C.C1CCOC1.CCOC. The minimum atomic E-state index is 0.819. The molecule has 0 atom stereocenters. The third-order valence-corrected chi connectivity index (χ3v) is 1.12. The van der Waals surface area contributed by atoms with Crippen LogP contribution in [0, 0.1) is 12.8 Å². The van der Waals surface area contributed by atoms with Gasteiger partial charge in [0.05, 0.1) is 0 Å². The van der Waals surface area contributed by atoms with Gasteiger partial charge in [-0.3, -0.25) is 0 Å². The first-order valence-corrected chi connectivity index (χ1v) is 3.81. The maximum Gasteiger partial charge on any atom is 0.0466 e. The zero-order chi connectivity index (χ0) is 8.95. The van der Waals surface area contributed by atoms with Crippen molar-refractivity contribution in [2.24, 2.45) is 0 Å². The Morgan fingerprint density at radius 3 is 1.73 bits per heavy atom. The Bertz CT molecular complexity index is 55.6. The lowest BCUT2D eigenvalue weighted by Gasteiger charge is -1.76. The molecule has 1 saturated heterocycles. The van der Waals surface area contributed by atoms with Gasteiger partial charge in [0.15, 0.2) is 0 Å². The summed E-state index contributed by atoms with van der Waals surface area (Å²) in [5.74, 6) is 0. The van der Waals surface area contributed by atoms with Crippen LogP contribution in [0.3, 0.4) is 0 Å². The van der Waals surface area contributed by atoms with E-state index in [-0.39, 0.29) is 0 Å². The van der Waals surface area contributed by atoms with Crippen molar-refractivity contribution < 1.29 is 9.47 Å². The van der Waals surface area contributed by atoms with Gasteiger partial charge in [-0.2, -0.15) is 0 Å². The summed E-state index contributed by atoms with van der Waals surface area (Å²) in [5, 5.41) is 0. The Hall–Kier alpha value is -0.520. The molecule has 1 aliphatic rings. The number of rotatable bonds is 1. The maximum atomic E-state index is 4.94. The largest absolute Gasteiger partial charge is 0.385 e. The fraction of sp³-hybridized carbons (Fsp3) is 0.778. The molecular weight excluding hydrogens is 140 g/mol. The lowest BCUT2D eigenvalue weighted by molar-refractivity contribution is 0.198. The average Bonchev–Trinajstić information content (AvgIpc) is 2.65. The second-order valence-corrected chi connectivity index (χ2v) is 1.90. The van der Waals surface area contributed by atoms with Crippen LogP contribution in [-0.4, -0.2) is 26.9 Å². The fourth-order valence-electron chi connectivity index (χ4n) is 0.510. The van der Waals surface area contributed by atoms with Crippen LogP contribution in [-0.2, 0) is 9.47 Å². The highest BCUT2D eigenvalue weighted by molar-refractivity contribution is 4.47. The third kappa shape index (κ3) is 17.7. The maximum absolute atomic E-state index is 4.94. The molecule has 0 bridgehead atoms. The molecule has 2 nitrogen and oxygen atoms in total. The Morgan fingerprint density at radius 2 is 1.64 bits per heavy atom. The molecule has 0 aliphatic carbocycles. The molecule has 0 aromatic carbocycles. The normalized spacial score (nSPS) is 13.8. The van der Waals surface area contributed by atoms with E-state index in [2.05, 4.69) is 17.6 Å². The molecule has 1 rings (SSSR count). The lowest BCUT2D eigenvalue weighted by Crippen LogP contribution is -1.74. The zero-order valence-corrected chi connectivity index (χ0v) is 7.51. The van der Waals surface area contributed by atoms with Crippen LogP contribution in [0.4, 0.5) is 0 Å². The average molecular weight is 158 g/mol. The summed E-state index contributed by atoms with van der Waals surface area (Å²) < 4.78 is 9.49.